The third-order valence-electron chi connectivity index (χ3n) is 2.11. The molecule has 0 N–H and O–H groups in total. The number of hydrogen-bond donors (Lipinski definition) is 0. The number of rotatable bonds is 5. The van der Waals surface area contributed by atoms with Crippen molar-refractivity contribution in [3.8, 4) is 5.88 Å². The second kappa shape index (κ2) is 6.63. The summed E-state index contributed by atoms with van der Waals surface area (Å²) in [6.45, 7) is 1.90. The number of halogens is 3. The monoisotopic (exact) mass is 323 g/mol. The molecule has 0 spiro atoms. The number of pyridine rings is 1. The highest BCUT2D eigenvalue weighted by Gasteiger charge is 2.19. The number of nitrogens with zero attached hydrogens (tertiary/aromatic N) is 1. The highest BCUT2D eigenvalue weighted by Crippen LogP contribution is 2.30. The van der Waals surface area contributed by atoms with Gasteiger partial charge in [-0.2, -0.15) is 0 Å². The number of carbonyl (C=O) groups is 1. The van der Waals surface area contributed by atoms with Gasteiger partial charge in [0.1, 0.15) is 4.60 Å². The summed E-state index contributed by atoms with van der Waals surface area (Å²) in [5.41, 5.74) is -0.00968. The maximum Gasteiger partial charge on any atom is 0.310 e. The van der Waals surface area contributed by atoms with Gasteiger partial charge in [0.25, 0.3) is 6.43 Å². The molecule has 0 aliphatic carbocycles. The van der Waals surface area contributed by atoms with Crippen LogP contribution in [-0.2, 0) is 16.0 Å². The van der Waals surface area contributed by atoms with Gasteiger partial charge in [-0.3, -0.25) is 4.79 Å². The molecule has 0 saturated carbocycles. The number of esters is 1. The Morgan fingerprint density at radius 3 is 2.72 bits per heavy atom. The van der Waals surface area contributed by atoms with E-state index in [1.807, 2.05) is 0 Å². The number of carbonyl (C=O) groups excluding carboxylic acids is 1. The fraction of sp³-hybridized carbons (Fsp3) is 0.455. The molecular weight excluding hydrogens is 312 g/mol. The standard InChI is InChI=1S/C11H12BrF2NO3/c1-3-18-8(16)5-6-4-7(10(13)14)9(12)15-11(6)17-2/h4,10H,3,5H2,1-2H3. The second-order valence-corrected chi connectivity index (χ2v) is 4.07. The van der Waals surface area contributed by atoms with Crippen LogP contribution in [0.2, 0.25) is 0 Å². The Balaban J connectivity index is 3.08. The van der Waals surface area contributed by atoms with E-state index < -0.39 is 12.4 Å². The molecule has 18 heavy (non-hydrogen) atoms. The quantitative estimate of drug-likeness (QED) is 0.617. The number of hydrogen-bond acceptors (Lipinski definition) is 4. The van der Waals surface area contributed by atoms with Gasteiger partial charge in [-0.15, -0.1) is 0 Å². The smallest absolute Gasteiger partial charge is 0.310 e. The summed E-state index contributed by atoms with van der Waals surface area (Å²) >= 11 is 2.93. The Morgan fingerprint density at radius 2 is 2.22 bits per heavy atom. The SMILES string of the molecule is CCOC(=O)Cc1cc(C(F)F)c(Br)nc1OC. The Morgan fingerprint density at radius 1 is 1.56 bits per heavy atom. The third-order valence-corrected chi connectivity index (χ3v) is 2.75. The first-order valence-electron chi connectivity index (χ1n) is 5.16. The molecule has 1 rings (SSSR count). The fourth-order valence-electron chi connectivity index (χ4n) is 1.36. The maximum absolute atomic E-state index is 12.7. The zero-order valence-electron chi connectivity index (χ0n) is 9.87. The average molecular weight is 324 g/mol. The van der Waals surface area contributed by atoms with Crippen LogP contribution < -0.4 is 4.74 Å². The van der Waals surface area contributed by atoms with E-state index in [1.54, 1.807) is 6.92 Å². The Bertz CT molecular complexity index is 441. The lowest BCUT2D eigenvalue weighted by Gasteiger charge is -2.11. The van der Waals surface area contributed by atoms with Crippen molar-refractivity contribution >= 4 is 21.9 Å². The largest absolute Gasteiger partial charge is 0.481 e. The molecular formula is C11H12BrF2NO3. The van der Waals surface area contributed by atoms with Crippen LogP contribution in [0.4, 0.5) is 8.78 Å². The summed E-state index contributed by atoms with van der Waals surface area (Å²) in [4.78, 5) is 15.2. The lowest BCUT2D eigenvalue weighted by atomic mass is 10.1. The van der Waals surface area contributed by atoms with Crippen LogP contribution >= 0.6 is 15.9 Å². The van der Waals surface area contributed by atoms with Gasteiger partial charge < -0.3 is 9.47 Å². The third kappa shape index (κ3) is 3.63. The van der Waals surface area contributed by atoms with Crippen molar-refractivity contribution in [1.29, 1.82) is 0 Å². The molecule has 1 heterocycles. The van der Waals surface area contributed by atoms with Crippen LogP contribution in [0.15, 0.2) is 10.7 Å². The maximum atomic E-state index is 12.7. The van der Waals surface area contributed by atoms with Crippen molar-refractivity contribution < 1.29 is 23.0 Å². The van der Waals surface area contributed by atoms with Gasteiger partial charge in [-0.25, -0.2) is 13.8 Å². The van der Waals surface area contributed by atoms with Crippen molar-refractivity contribution in [2.75, 3.05) is 13.7 Å². The van der Waals surface area contributed by atoms with Crippen LogP contribution in [0.5, 0.6) is 5.88 Å². The zero-order chi connectivity index (χ0) is 13.7. The molecule has 0 atom stereocenters. The Kier molecular flexibility index (Phi) is 5.46. The molecule has 0 aromatic carbocycles. The minimum atomic E-state index is -2.68. The lowest BCUT2D eigenvalue weighted by molar-refractivity contribution is -0.142. The molecule has 0 bridgehead atoms. The van der Waals surface area contributed by atoms with Gasteiger partial charge in [0.05, 0.1) is 25.7 Å². The Hall–Kier alpha value is -1.24. The van der Waals surface area contributed by atoms with Crippen molar-refractivity contribution in [2.24, 2.45) is 0 Å². The van der Waals surface area contributed by atoms with E-state index in [-0.39, 0.29) is 34.6 Å². The molecule has 100 valence electrons. The first kappa shape index (κ1) is 14.8. The van der Waals surface area contributed by atoms with E-state index in [0.29, 0.717) is 0 Å². The molecule has 0 amide bonds. The number of alkyl halides is 2. The summed E-state index contributed by atoms with van der Waals surface area (Å²) in [5.74, 6) is -0.389. The highest BCUT2D eigenvalue weighted by atomic mass is 79.9. The van der Waals surface area contributed by atoms with E-state index in [9.17, 15) is 13.6 Å². The molecule has 0 unspecified atom stereocenters. The number of ether oxygens (including phenoxy) is 2. The van der Waals surface area contributed by atoms with Crippen LogP contribution in [0.25, 0.3) is 0 Å². The minimum absolute atomic E-state index is 0.00181. The summed E-state index contributed by atoms with van der Waals surface area (Å²) < 4.78 is 35.1. The molecule has 0 saturated heterocycles. The van der Waals surface area contributed by atoms with Gasteiger partial charge in [0.2, 0.25) is 5.88 Å². The normalized spacial score (nSPS) is 10.6. The van der Waals surface area contributed by atoms with E-state index in [4.69, 9.17) is 9.47 Å². The van der Waals surface area contributed by atoms with Crippen LogP contribution in [0.1, 0.15) is 24.5 Å². The molecule has 4 nitrogen and oxygen atoms in total. The lowest BCUT2D eigenvalue weighted by Crippen LogP contribution is -2.10. The average Bonchev–Trinajstić information content (AvgIpc) is 2.30. The molecule has 0 aliphatic heterocycles. The topological polar surface area (TPSA) is 48.4 Å². The number of methoxy groups -OCH3 is 1. The van der Waals surface area contributed by atoms with Gasteiger partial charge in [0, 0.05) is 5.56 Å². The molecule has 1 aromatic rings. The van der Waals surface area contributed by atoms with Crippen LogP contribution in [-0.4, -0.2) is 24.7 Å². The molecule has 0 radical (unpaired) electrons. The fourth-order valence-corrected chi connectivity index (χ4v) is 1.81. The highest BCUT2D eigenvalue weighted by molar-refractivity contribution is 9.10. The van der Waals surface area contributed by atoms with Gasteiger partial charge in [-0.05, 0) is 28.9 Å². The predicted octanol–water partition coefficient (Wildman–Crippen LogP) is 2.90. The summed E-state index contributed by atoms with van der Waals surface area (Å²) in [6, 6.07) is 1.19. The van der Waals surface area contributed by atoms with E-state index in [2.05, 4.69) is 20.9 Å². The van der Waals surface area contributed by atoms with Gasteiger partial charge >= 0.3 is 5.97 Å². The van der Waals surface area contributed by atoms with Crippen molar-refractivity contribution in [1.82, 2.24) is 4.98 Å². The zero-order valence-corrected chi connectivity index (χ0v) is 11.5. The first-order valence-corrected chi connectivity index (χ1v) is 5.96. The first-order chi connectivity index (χ1) is 8.49. The summed E-state index contributed by atoms with van der Waals surface area (Å²) in [6.07, 6.45) is -2.84. The molecule has 7 heteroatoms. The predicted molar refractivity (Wildman–Crippen MR) is 63.8 cm³/mol. The van der Waals surface area contributed by atoms with E-state index >= 15 is 0 Å². The Labute approximate surface area is 111 Å². The number of aromatic nitrogens is 1. The second-order valence-electron chi connectivity index (χ2n) is 3.32. The van der Waals surface area contributed by atoms with Gasteiger partial charge in [-0.1, -0.05) is 0 Å². The molecule has 0 fully saturated rings. The summed E-state index contributed by atoms with van der Waals surface area (Å²) in [7, 11) is 1.35. The van der Waals surface area contributed by atoms with Crippen LogP contribution in [0.3, 0.4) is 0 Å². The van der Waals surface area contributed by atoms with Crippen molar-refractivity contribution in [3.05, 3.63) is 21.8 Å². The van der Waals surface area contributed by atoms with Crippen molar-refractivity contribution in [3.63, 3.8) is 0 Å². The van der Waals surface area contributed by atoms with Crippen molar-refractivity contribution in [2.45, 2.75) is 19.8 Å². The van der Waals surface area contributed by atoms with Crippen LogP contribution in [0, 0.1) is 0 Å². The molecule has 1 aromatic heterocycles. The summed E-state index contributed by atoms with van der Waals surface area (Å²) in [5, 5.41) is 0. The van der Waals surface area contributed by atoms with E-state index in [0.717, 1.165) is 0 Å². The molecule has 0 aliphatic rings. The van der Waals surface area contributed by atoms with E-state index in [1.165, 1.54) is 13.2 Å². The van der Waals surface area contributed by atoms with Gasteiger partial charge in [0.15, 0.2) is 0 Å². The minimum Gasteiger partial charge on any atom is -0.481 e.